The lowest BCUT2D eigenvalue weighted by Gasteiger charge is -2.64. The van der Waals surface area contributed by atoms with Gasteiger partial charge in [-0.3, -0.25) is 4.79 Å². The van der Waals surface area contributed by atoms with Gasteiger partial charge in [-0.05, 0) is 153 Å². The topological polar surface area (TPSA) is 66.8 Å². The number of fused-ring (bicyclic) bond motifs is 5. The van der Waals surface area contributed by atoms with Gasteiger partial charge in [-0.15, -0.1) is 0 Å². The third-order valence-electron chi connectivity index (χ3n) is 15.1. The normalized spacial score (nSPS) is 40.2. The molecule has 0 heterocycles. The van der Waals surface area contributed by atoms with Crippen LogP contribution in [0, 0.1) is 52.3 Å². The molecule has 0 amide bonds. The summed E-state index contributed by atoms with van der Waals surface area (Å²) in [5.41, 5.74) is 0.707. The zero-order chi connectivity index (χ0) is 31.7. The van der Waals surface area contributed by atoms with Crippen molar-refractivity contribution in [2.24, 2.45) is 52.3 Å². The average Bonchev–Trinajstić information content (AvgIpc) is 3.18. The molecule has 0 radical (unpaired) electrons. The van der Waals surface area contributed by atoms with Crippen LogP contribution in [-0.2, 0) is 9.22 Å². The van der Waals surface area contributed by atoms with E-state index in [0.29, 0.717) is 47.0 Å². The minimum absolute atomic E-state index is 0.0116. The van der Waals surface area contributed by atoms with Gasteiger partial charge < -0.3 is 14.3 Å². The van der Waals surface area contributed by atoms with E-state index >= 15 is 0 Å². The van der Waals surface area contributed by atoms with E-state index in [9.17, 15) is 14.7 Å². The van der Waals surface area contributed by atoms with Crippen molar-refractivity contribution in [1.82, 2.24) is 0 Å². The molecule has 0 aliphatic heterocycles. The second-order valence-corrected chi connectivity index (χ2v) is 28.3. The maximum atomic E-state index is 11.4. The Bertz CT molecular complexity index is 980. The lowest BCUT2D eigenvalue weighted by molar-refractivity contribution is -0.155. The standard InChI is InChI=1S/C36H68O4Si2/c1-24(13-16-31(37)38)28-14-15-29-32-25(23-34(5,6)41(9,10)39)21-26-22-27(40-42(11,12)33(2,3)4)17-19-35(26,7)30(32)18-20-36(28,29)8/h24-30,32,39H,13-23H2,1-12H3,(H,37,38)/t24-,25+,26-,27-,28-,29+,30+,32+,35+,36-/m1/s1. The van der Waals surface area contributed by atoms with Gasteiger partial charge in [0.05, 0.1) is 0 Å². The summed E-state index contributed by atoms with van der Waals surface area (Å²) in [7, 11) is -4.15. The van der Waals surface area contributed by atoms with Crippen LogP contribution in [0.3, 0.4) is 0 Å². The van der Waals surface area contributed by atoms with Crippen molar-refractivity contribution < 1.29 is 19.1 Å². The zero-order valence-corrected chi connectivity index (χ0v) is 31.6. The highest BCUT2D eigenvalue weighted by Gasteiger charge is 2.63. The maximum Gasteiger partial charge on any atom is 0.303 e. The third kappa shape index (κ3) is 6.27. The highest BCUT2D eigenvalue weighted by Crippen LogP contribution is 2.71. The molecule has 4 rings (SSSR count). The highest BCUT2D eigenvalue weighted by atomic mass is 28.4. The molecule has 10 atom stereocenters. The van der Waals surface area contributed by atoms with Gasteiger partial charge in [-0.1, -0.05) is 55.4 Å². The lowest BCUT2D eigenvalue weighted by atomic mass is 9.41. The first kappa shape index (κ1) is 34.7. The first-order chi connectivity index (χ1) is 19.0. The molecule has 4 aliphatic rings. The van der Waals surface area contributed by atoms with Crippen molar-refractivity contribution in [1.29, 1.82) is 0 Å². The number of hydrogen-bond donors (Lipinski definition) is 2. The van der Waals surface area contributed by atoms with Crippen LogP contribution in [0.25, 0.3) is 0 Å². The molecule has 0 saturated heterocycles. The van der Waals surface area contributed by atoms with Crippen molar-refractivity contribution in [3.8, 4) is 0 Å². The van der Waals surface area contributed by atoms with Crippen molar-refractivity contribution in [3.05, 3.63) is 0 Å². The second-order valence-electron chi connectivity index (χ2n) is 19.0. The van der Waals surface area contributed by atoms with Crippen LogP contribution < -0.4 is 0 Å². The van der Waals surface area contributed by atoms with Crippen LogP contribution in [0.15, 0.2) is 0 Å². The van der Waals surface area contributed by atoms with Gasteiger partial charge in [0.15, 0.2) is 16.6 Å². The molecule has 244 valence electrons. The zero-order valence-electron chi connectivity index (χ0n) is 29.6. The monoisotopic (exact) mass is 620 g/mol. The fraction of sp³-hybridized carbons (Fsp3) is 0.972. The molecule has 4 nitrogen and oxygen atoms in total. The summed E-state index contributed by atoms with van der Waals surface area (Å²) in [6.07, 6.45) is 12.9. The Morgan fingerprint density at radius 3 is 2.10 bits per heavy atom. The summed E-state index contributed by atoms with van der Waals surface area (Å²) in [4.78, 5) is 22.9. The van der Waals surface area contributed by atoms with Gasteiger partial charge in [0, 0.05) is 12.5 Å². The van der Waals surface area contributed by atoms with Gasteiger partial charge in [0.1, 0.15) is 0 Å². The highest BCUT2D eigenvalue weighted by molar-refractivity contribution is 6.74. The Labute approximate surface area is 261 Å². The molecule has 0 aromatic carbocycles. The van der Waals surface area contributed by atoms with E-state index in [-0.39, 0.29) is 10.1 Å². The van der Waals surface area contributed by atoms with Crippen LogP contribution in [0.2, 0.25) is 36.3 Å². The van der Waals surface area contributed by atoms with E-state index in [1.54, 1.807) is 0 Å². The van der Waals surface area contributed by atoms with Crippen molar-refractivity contribution in [2.45, 2.75) is 168 Å². The fourth-order valence-corrected chi connectivity index (χ4v) is 12.9. The number of carboxylic acid groups (broad SMARTS) is 1. The quantitative estimate of drug-likeness (QED) is 0.252. The maximum absolute atomic E-state index is 11.4. The smallest absolute Gasteiger partial charge is 0.303 e. The van der Waals surface area contributed by atoms with Crippen LogP contribution >= 0.6 is 0 Å². The Morgan fingerprint density at radius 2 is 1.52 bits per heavy atom. The summed E-state index contributed by atoms with van der Waals surface area (Å²) in [5.74, 6) is 4.06. The minimum Gasteiger partial charge on any atom is -0.481 e. The van der Waals surface area contributed by atoms with Crippen LogP contribution in [0.1, 0.15) is 126 Å². The molecule has 6 heteroatoms. The SMILES string of the molecule is C[C@H](CCC(=O)O)[C@H]1CC[C@H]2[C@@H]3[C@H](CC(C)(C)[Si](C)(C)O)C[C@@H]4C[C@H](O[Si](C)(C)C(C)(C)C)CC[C@]4(C)[C@H]3CC[C@]12C. The van der Waals surface area contributed by atoms with Gasteiger partial charge in [0.25, 0.3) is 0 Å². The first-order valence-electron chi connectivity index (χ1n) is 17.7. The van der Waals surface area contributed by atoms with E-state index < -0.39 is 22.6 Å². The van der Waals surface area contributed by atoms with Crippen LogP contribution in [-0.4, -0.2) is 38.6 Å². The summed E-state index contributed by atoms with van der Waals surface area (Å²) in [5, 5.41) is 9.63. The molecule has 0 unspecified atom stereocenters. The van der Waals surface area contributed by atoms with E-state index in [4.69, 9.17) is 4.43 Å². The molecular weight excluding hydrogens is 553 g/mol. The summed E-state index contributed by atoms with van der Waals surface area (Å²) in [6.45, 7) is 28.6. The Balaban J connectivity index is 1.65. The molecule has 4 aliphatic carbocycles. The molecule has 0 aromatic heterocycles. The molecule has 0 spiro atoms. The van der Waals surface area contributed by atoms with Crippen LogP contribution in [0.4, 0.5) is 0 Å². The van der Waals surface area contributed by atoms with E-state index in [2.05, 4.69) is 81.6 Å². The lowest BCUT2D eigenvalue weighted by Crippen LogP contribution is -2.58. The molecule has 4 fully saturated rings. The summed E-state index contributed by atoms with van der Waals surface area (Å²) >= 11 is 0. The van der Waals surface area contributed by atoms with Crippen molar-refractivity contribution in [3.63, 3.8) is 0 Å². The summed E-state index contributed by atoms with van der Waals surface area (Å²) in [6, 6.07) is 0. The largest absolute Gasteiger partial charge is 0.481 e. The average molecular weight is 621 g/mol. The molecule has 0 aromatic rings. The number of carboxylic acids is 1. The molecule has 2 N–H and O–H groups in total. The molecule has 0 bridgehead atoms. The van der Waals surface area contributed by atoms with E-state index in [1.165, 1.54) is 51.4 Å². The Morgan fingerprint density at radius 1 is 0.929 bits per heavy atom. The fourth-order valence-electron chi connectivity index (χ4n) is 10.7. The molecule has 4 saturated carbocycles. The van der Waals surface area contributed by atoms with Gasteiger partial charge in [-0.25, -0.2) is 0 Å². The number of rotatable bonds is 9. The predicted molar refractivity (Wildman–Crippen MR) is 181 cm³/mol. The third-order valence-corrected chi connectivity index (χ3v) is 23.1. The number of hydrogen-bond acceptors (Lipinski definition) is 3. The minimum atomic E-state index is -2.33. The summed E-state index contributed by atoms with van der Waals surface area (Å²) < 4.78 is 7.09. The Kier molecular flexibility index (Phi) is 9.55. The van der Waals surface area contributed by atoms with Gasteiger partial charge in [-0.2, -0.15) is 0 Å². The van der Waals surface area contributed by atoms with E-state index in [1.807, 2.05) is 0 Å². The molecular formula is C36H68O4Si2. The number of aliphatic carboxylic acids is 1. The van der Waals surface area contributed by atoms with Gasteiger partial charge >= 0.3 is 5.97 Å². The van der Waals surface area contributed by atoms with Crippen LogP contribution in [0.5, 0.6) is 0 Å². The Hall–Kier alpha value is -0.176. The predicted octanol–water partition coefficient (Wildman–Crippen LogP) is 10.1. The second kappa shape index (κ2) is 11.6. The van der Waals surface area contributed by atoms with Gasteiger partial charge in [0.2, 0.25) is 0 Å². The van der Waals surface area contributed by atoms with E-state index in [0.717, 1.165) is 30.6 Å². The molecule has 42 heavy (non-hydrogen) atoms. The first-order valence-corrected chi connectivity index (χ1v) is 23.5. The van der Waals surface area contributed by atoms with Crippen molar-refractivity contribution in [2.75, 3.05) is 0 Å². The van der Waals surface area contributed by atoms with Crippen molar-refractivity contribution >= 4 is 22.6 Å². The number of carbonyl (C=O) groups is 1.